The third-order valence-corrected chi connectivity index (χ3v) is 3.53. The van der Waals surface area contributed by atoms with Gasteiger partial charge in [0.15, 0.2) is 5.76 Å². The van der Waals surface area contributed by atoms with Crippen molar-refractivity contribution in [3.05, 3.63) is 60.0 Å². The van der Waals surface area contributed by atoms with Gasteiger partial charge in [0.1, 0.15) is 5.69 Å². The fraction of sp³-hybridized carbons (Fsp3) is 0.125. The number of pyridine rings is 2. The molecule has 0 radical (unpaired) electrons. The van der Waals surface area contributed by atoms with Crippen LogP contribution in [0.3, 0.4) is 0 Å². The van der Waals surface area contributed by atoms with E-state index in [1.54, 1.807) is 6.26 Å². The minimum absolute atomic E-state index is 0.797. The molecule has 1 aliphatic rings. The van der Waals surface area contributed by atoms with Crippen molar-refractivity contribution < 1.29 is 4.42 Å². The second kappa shape index (κ2) is 4.05. The Morgan fingerprint density at radius 2 is 1.79 bits per heavy atom. The third-order valence-electron chi connectivity index (χ3n) is 3.53. The smallest absolute Gasteiger partial charge is 0.152 e. The highest BCUT2D eigenvalue weighted by Gasteiger charge is 2.19. The summed E-state index contributed by atoms with van der Waals surface area (Å²) in [6.45, 7) is 0. The van der Waals surface area contributed by atoms with Gasteiger partial charge >= 0.3 is 0 Å². The number of hydrogen-bond acceptors (Lipinski definition) is 3. The molecule has 0 atom stereocenters. The fourth-order valence-electron chi connectivity index (χ4n) is 2.58. The Hall–Kier alpha value is -2.42. The molecule has 0 aliphatic heterocycles. The maximum absolute atomic E-state index is 5.42. The molecule has 0 saturated carbocycles. The van der Waals surface area contributed by atoms with Crippen LogP contribution in [0.4, 0.5) is 0 Å². The first-order valence-corrected chi connectivity index (χ1v) is 6.40. The lowest BCUT2D eigenvalue weighted by Gasteiger charge is -2.17. The van der Waals surface area contributed by atoms with Gasteiger partial charge in [0.25, 0.3) is 0 Å². The minimum Gasteiger partial charge on any atom is -0.463 e. The molecular formula is C16H12N2O. The standard InChI is InChI=1S/C16H12N2O/c1-3-11-5-6-12-7-8-13(14-4-2-10-19-14)18-16(12)15(11)17-9-1/h1-4,7-10H,5-6H2. The number of aromatic nitrogens is 2. The van der Waals surface area contributed by atoms with E-state index in [1.807, 2.05) is 30.5 Å². The molecule has 0 fully saturated rings. The van der Waals surface area contributed by atoms with Crippen LogP contribution in [0.2, 0.25) is 0 Å². The molecule has 3 heteroatoms. The van der Waals surface area contributed by atoms with Gasteiger partial charge < -0.3 is 4.42 Å². The van der Waals surface area contributed by atoms with Gasteiger partial charge in [-0.1, -0.05) is 12.1 Å². The molecule has 1 aliphatic carbocycles. The molecule has 3 heterocycles. The summed E-state index contributed by atoms with van der Waals surface area (Å²) in [6.07, 6.45) is 5.56. The summed E-state index contributed by atoms with van der Waals surface area (Å²) in [5.74, 6) is 0.797. The van der Waals surface area contributed by atoms with Gasteiger partial charge in [-0.2, -0.15) is 0 Å². The van der Waals surface area contributed by atoms with Crippen molar-refractivity contribution in [2.24, 2.45) is 0 Å². The SMILES string of the molecule is c1coc(-c2ccc3c(n2)-c2ncccc2CC3)c1. The van der Waals surface area contributed by atoms with Gasteiger partial charge in [0.2, 0.25) is 0 Å². The lowest BCUT2D eigenvalue weighted by atomic mass is 9.92. The Morgan fingerprint density at radius 3 is 2.63 bits per heavy atom. The molecule has 19 heavy (non-hydrogen) atoms. The largest absolute Gasteiger partial charge is 0.463 e. The molecule has 3 nitrogen and oxygen atoms in total. The Labute approximate surface area is 111 Å². The molecule has 0 aromatic carbocycles. The Balaban J connectivity index is 1.92. The second-order valence-electron chi connectivity index (χ2n) is 4.69. The van der Waals surface area contributed by atoms with Gasteiger partial charge in [-0.25, -0.2) is 4.98 Å². The van der Waals surface area contributed by atoms with Gasteiger partial charge in [0.05, 0.1) is 17.7 Å². The molecule has 0 N–H and O–H groups in total. The lowest BCUT2D eigenvalue weighted by molar-refractivity contribution is 0.580. The Kier molecular flexibility index (Phi) is 2.24. The highest BCUT2D eigenvalue weighted by Crippen LogP contribution is 2.32. The summed E-state index contributed by atoms with van der Waals surface area (Å²) in [5, 5.41) is 0. The second-order valence-corrected chi connectivity index (χ2v) is 4.69. The lowest BCUT2D eigenvalue weighted by Crippen LogP contribution is -2.07. The van der Waals surface area contributed by atoms with Gasteiger partial charge in [-0.15, -0.1) is 0 Å². The fourth-order valence-corrected chi connectivity index (χ4v) is 2.58. The average Bonchev–Trinajstić information content (AvgIpc) is 3.01. The summed E-state index contributed by atoms with van der Waals surface area (Å²) in [5.41, 5.74) is 5.41. The van der Waals surface area contributed by atoms with Crippen LogP contribution >= 0.6 is 0 Å². The van der Waals surface area contributed by atoms with E-state index >= 15 is 0 Å². The van der Waals surface area contributed by atoms with E-state index in [9.17, 15) is 0 Å². The normalized spacial score (nSPS) is 12.8. The monoisotopic (exact) mass is 248 g/mol. The third kappa shape index (κ3) is 1.66. The molecule has 0 spiro atoms. The topological polar surface area (TPSA) is 38.9 Å². The molecule has 0 unspecified atom stereocenters. The Bertz CT molecular complexity index is 732. The van der Waals surface area contributed by atoms with E-state index in [0.29, 0.717) is 0 Å². The minimum atomic E-state index is 0.797. The zero-order valence-electron chi connectivity index (χ0n) is 10.3. The molecule has 0 amide bonds. The van der Waals surface area contributed by atoms with Crippen LogP contribution in [0.15, 0.2) is 53.3 Å². The van der Waals surface area contributed by atoms with Crippen molar-refractivity contribution in [1.29, 1.82) is 0 Å². The number of nitrogens with zero attached hydrogens (tertiary/aromatic N) is 2. The van der Waals surface area contributed by atoms with E-state index in [1.165, 1.54) is 11.1 Å². The van der Waals surface area contributed by atoms with Crippen LogP contribution in [-0.2, 0) is 12.8 Å². The van der Waals surface area contributed by atoms with Crippen LogP contribution < -0.4 is 0 Å². The number of furan rings is 1. The van der Waals surface area contributed by atoms with Crippen molar-refractivity contribution in [2.75, 3.05) is 0 Å². The number of fused-ring (bicyclic) bond motifs is 3. The first-order chi connectivity index (χ1) is 9.42. The van der Waals surface area contributed by atoms with Gasteiger partial charge in [-0.3, -0.25) is 4.98 Å². The van der Waals surface area contributed by atoms with Crippen LogP contribution in [0.5, 0.6) is 0 Å². The van der Waals surface area contributed by atoms with E-state index in [4.69, 9.17) is 9.40 Å². The van der Waals surface area contributed by atoms with Crippen molar-refractivity contribution in [1.82, 2.24) is 9.97 Å². The van der Waals surface area contributed by atoms with Crippen LogP contribution in [-0.4, -0.2) is 9.97 Å². The van der Waals surface area contributed by atoms with Crippen molar-refractivity contribution >= 4 is 0 Å². The maximum atomic E-state index is 5.42. The first kappa shape index (κ1) is 10.5. The summed E-state index contributed by atoms with van der Waals surface area (Å²) in [6, 6.07) is 12.1. The zero-order chi connectivity index (χ0) is 12.7. The summed E-state index contributed by atoms with van der Waals surface area (Å²) in [7, 11) is 0. The van der Waals surface area contributed by atoms with Crippen LogP contribution in [0.1, 0.15) is 11.1 Å². The molecular weight excluding hydrogens is 236 g/mol. The van der Waals surface area contributed by atoms with E-state index < -0.39 is 0 Å². The van der Waals surface area contributed by atoms with Gasteiger partial charge in [0, 0.05) is 6.20 Å². The Morgan fingerprint density at radius 1 is 0.895 bits per heavy atom. The van der Waals surface area contributed by atoms with Crippen LogP contribution in [0.25, 0.3) is 22.8 Å². The average molecular weight is 248 g/mol. The zero-order valence-corrected chi connectivity index (χ0v) is 10.3. The van der Waals surface area contributed by atoms with E-state index in [2.05, 4.69) is 17.1 Å². The predicted molar refractivity (Wildman–Crippen MR) is 72.6 cm³/mol. The maximum Gasteiger partial charge on any atom is 0.152 e. The first-order valence-electron chi connectivity index (χ1n) is 6.40. The van der Waals surface area contributed by atoms with Gasteiger partial charge in [-0.05, 0) is 48.2 Å². The molecule has 3 aromatic heterocycles. The summed E-state index contributed by atoms with van der Waals surface area (Å²) >= 11 is 0. The highest BCUT2D eigenvalue weighted by molar-refractivity contribution is 5.68. The van der Waals surface area contributed by atoms with Crippen LogP contribution in [0, 0.1) is 0 Å². The molecule has 92 valence electrons. The summed E-state index contributed by atoms with van der Waals surface area (Å²) < 4.78 is 5.42. The molecule has 3 aromatic rings. The predicted octanol–water partition coefficient (Wildman–Crippen LogP) is 3.50. The number of aryl methyl sites for hydroxylation is 2. The number of rotatable bonds is 1. The molecule has 0 bridgehead atoms. The summed E-state index contributed by atoms with van der Waals surface area (Å²) in [4.78, 5) is 9.23. The quantitative estimate of drug-likeness (QED) is 0.661. The van der Waals surface area contributed by atoms with E-state index in [0.717, 1.165) is 35.7 Å². The van der Waals surface area contributed by atoms with Crippen molar-refractivity contribution in [3.63, 3.8) is 0 Å². The van der Waals surface area contributed by atoms with E-state index in [-0.39, 0.29) is 0 Å². The highest BCUT2D eigenvalue weighted by atomic mass is 16.3. The van der Waals surface area contributed by atoms with Crippen molar-refractivity contribution in [2.45, 2.75) is 12.8 Å². The van der Waals surface area contributed by atoms with Crippen molar-refractivity contribution in [3.8, 4) is 22.8 Å². The molecule has 0 saturated heterocycles. The molecule has 4 rings (SSSR count). The number of hydrogen-bond donors (Lipinski definition) is 0.